The predicted molar refractivity (Wildman–Crippen MR) is 113 cm³/mol. The third kappa shape index (κ3) is 13.3. The second-order valence-corrected chi connectivity index (χ2v) is 6.08. The molecule has 0 aromatic rings. The Balaban J connectivity index is 0.00000576. The van der Waals surface area contributed by atoms with Crippen molar-refractivity contribution in [1.29, 1.82) is 0 Å². The average molecular weight is 469 g/mol. The Kier molecular flexibility index (Phi) is 16.5. The van der Waals surface area contributed by atoms with Crippen molar-refractivity contribution in [1.82, 2.24) is 10.6 Å². The number of nitrogens with one attached hydrogen (secondary N) is 2. The minimum atomic E-state index is -0.150. The fourth-order valence-electron chi connectivity index (χ4n) is 2.79. The molecule has 0 bridgehead atoms. The number of carbonyl (C=O) groups is 1. The molecule has 25 heavy (non-hydrogen) atoms. The van der Waals surface area contributed by atoms with E-state index in [0.29, 0.717) is 38.7 Å². The second-order valence-electron chi connectivity index (χ2n) is 6.08. The zero-order chi connectivity index (χ0) is 17.5. The number of ether oxygens (including phenoxy) is 2. The van der Waals surface area contributed by atoms with E-state index in [0.717, 1.165) is 19.0 Å². The van der Waals surface area contributed by atoms with Crippen molar-refractivity contribution in [3.63, 3.8) is 0 Å². The first-order valence-electron chi connectivity index (χ1n) is 9.55. The fourth-order valence-corrected chi connectivity index (χ4v) is 2.79. The van der Waals surface area contributed by atoms with Gasteiger partial charge in [-0.25, -0.2) is 0 Å². The third-order valence-electron chi connectivity index (χ3n) is 4.01. The Bertz CT molecular complexity index is 359. The molecule has 7 heteroatoms. The lowest BCUT2D eigenvalue weighted by molar-refractivity contribution is -0.143. The van der Waals surface area contributed by atoms with Crippen molar-refractivity contribution in [3.05, 3.63) is 0 Å². The quantitative estimate of drug-likeness (QED) is 0.128. The molecular weight excluding hydrogens is 433 g/mol. The Labute approximate surface area is 169 Å². The van der Waals surface area contributed by atoms with Crippen LogP contribution < -0.4 is 10.6 Å². The topological polar surface area (TPSA) is 72.0 Å². The van der Waals surface area contributed by atoms with Gasteiger partial charge in [-0.15, -0.1) is 24.0 Å². The van der Waals surface area contributed by atoms with Crippen molar-refractivity contribution in [2.75, 3.05) is 32.8 Å². The van der Waals surface area contributed by atoms with Crippen LogP contribution in [0.4, 0.5) is 0 Å². The highest BCUT2D eigenvalue weighted by molar-refractivity contribution is 14.0. The molecule has 0 unspecified atom stereocenters. The first-order chi connectivity index (χ1) is 11.8. The zero-order valence-corrected chi connectivity index (χ0v) is 18.2. The summed E-state index contributed by atoms with van der Waals surface area (Å²) in [4.78, 5) is 15.8. The standard InChI is InChI=1S/C18H35N3O3.HI/c1-3-19-18(20-13-9-12-17(22)23-4-2)21-14-15-24-16-10-7-5-6-8-11-16;/h16H,3-15H2,1-2H3,(H2,19,20,21);1H. The van der Waals surface area contributed by atoms with E-state index in [-0.39, 0.29) is 29.9 Å². The molecule has 1 aliphatic carbocycles. The van der Waals surface area contributed by atoms with E-state index in [1.165, 1.54) is 38.5 Å². The predicted octanol–water partition coefficient (Wildman–Crippen LogP) is 3.24. The molecule has 0 atom stereocenters. The normalized spacial score (nSPS) is 15.8. The van der Waals surface area contributed by atoms with Crippen LogP contribution >= 0.6 is 24.0 Å². The number of rotatable bonds is 10. The SMILES string of the molecule is CCNC(=NCCCC(=O)OCC)NCCOC1CCCCCC1.I. The van der Waals surface area contributed by atoms with E-state index < -0.39 is 0 Å². The fraction of sp³-hybridized carbons (Fsp3) is 0.889. The van der Waals surface area contributed by atoms with E-state index in [1.54, 1.807) is 0 Å². The first-order valence-corrected chi connectivity index (χ1v) is 9.55. The summed E-state index contributed by atoms with van der Waals surface area (Å²) in [6, 6.07) is 0. The van der Waals surface area contributed by atoms with Crippen LogP contribution in [0.25, 0.3) is 0 Å². The summed E-state index contributed by atoms with van der Waals surface area (Å²) < 4.78 is 10.9. The van der Waals surface area contributed by atoms with Gasteiger partial charge in [-0.2, -0.15) is 0 Å². The van der Waals surface area contributed by atoms with Crippen LogP contribution in [0, 0.1) is 0 Å². The van der Waals surface area contributed by atoms with Crippen LogP contribution in [0.5, 0.6) is 0 Å². The lowest BCUT2D eigenvalue weighted by Crippen LogP contribution is -2.39. The maximum absolute atomic E-state index is 11.3. The van der Waals surface area contributed by atoms with E-state index in [9.17, 15) is 4.79 Å². The first kappa shape index (κ1) is 24.4. The molecule has 0 aliphatic heterocycles. The van der Waals surface area contributed by atoms with Gasteiger partial charge in [0.25, 0.3) is 0 Å². The molecular formula is C18H36IN3O3. The van der Waals surface area contributed by atoms with E-state index in [4.69, 9.17) is 9.47 Å². The Hall–Kier alpha value is -0.570. The number of carbonyl (C=O) groups excluding carboxylic acids is 1. The molecule has 1 rings (SSSR count). The molecule has 1 saturated carbocycles. The van der Waals surface area contributed by atoms with Crippen molar-refractivity contribution < 1.29 is 14.3 Å². The second kappa shape index (κ2) is 16.9. The van der Waals surface area contributed by atoms with Crippen LogP contribution in [0.3, 0.4) is 0 Å². The summed E-state index contributed by atoms with van der Waals surface area (Å²) in [5.41, 5.74) is 0. The number of guanidine groups is 1. The Morgan fingerprint density at radius 2 is 1.84 bits per heavy atom. The Morgan fingerprint density at radius 3 is 2.48 bits per heavy atom. The molecule has 6 nitrogen and oxygen atoms in total. The van der Waals surface area contributed by atoms with Gasteiger partial charge in [-0.1, -0.05) is 25.7 Å². The van der Waals surface area contributed by atoms with Crippen LogP contribution in [0.15, 0.2) is 4.99 Å². The zero-order valence-electron chi connectivity index (χ0n) is 15.8. The lowest BCUT2D eigenvalue weighted by atomic mass is 10.1. The van der Waals surface area contributed by atoms with Crippen molar-refractivity contribution in [3.8, 4) is 0 Å². The van der Waals surface area contributed by atoms with Gasteiger partial charge >= 0.3 is 5.97 Å². The summed E-state index contributed by atoms with van der Waals surface area (Å²) in [6.45, 7) is 7.18. The van der Waals surface area contributed by atoms with Gasteiger partial charge in [-0.3, -0.25) is 9.79 Å². The highest BCUT2D eigenvalue weighted by Crippen LogP contribution is 2.19. The van der Waals surface area contributed by atoms with Crippen LogP contribution in [0.2, 0.25) is 0 Å². The van der Waals surface area contributed by atoms with Crippen LogP contribution in [0.1, 0.15) is 65.2 Å². The molecule has 0 heterocycles. The summed E-state index contributed by atoms with van der Waals surface area (Å²) in [5.74, 6) is 0.633. The van der Waals surface area contributed by atoms with Gasteiger partial charge in [-0.05, 0) is 33.1 Å². The maximum atomic E-state index is 11.3. The van der Waals surface area contributed by atoms with Gasteiger partial charge in [0.15, 0.2) is 5.96 Å². The highest BCUT2D eigenvalue weighted by Gasteiger charge is 2.12. The van der Waals surface area contributed by atoms with E-state index >= 15 is 0 Å². The molecule has 2 N–H and O–H groups in total. The minimum absolute atomic E-state index is 0. The lowest BCUT2D eigenvalue weighted by Gasteiger charge is -2.16. The van der Waals surface area contributed by atoms with Gasteiger partial charge in [0.05, 0.1) is 19.3 Å². The van der Waals surface area contributed by atoms with E-state index in [1.807, 2.05) is 13.8 Å². The summed E-state index contributed by atoms with van der Waals surface area (Å²) in [6.07, 6.45) is 9.23. The van der Waals surface area contributed by atoms with Crippen LogP contribution in [-0.2, 0) is 14.3 Å². The molecule has 1 aliphatic rings. The maximum Gasteiger partial charge on any atom is 0.305 e. The molecule has 0 aromatic heterocycles. The third-order valence-corrected chi connectivity index (χ3v) is 4.01. The molecule has 1 fully saturated rings. The van der Waals surface area contributed by atoms with Crippen molar-refractivity contribution in [2.45, 2.75) is 71.3 Å². The summed E-state index contributed by atoms with van der Waals surface area (Å²) >= 11 is 0. The summed E-state index contributed by atoms with van der Waals surface area (Å²) in [7, 11) is 0. The van der Waals surface area contributed by atoms with Crippen molar-refractivity contribution in [2.24, 2.45) is 4.99 Å². The Morgan fingerprint density at radius 1 is 1.12 bits per heavy atom. The number of esters is 1. The monoisotopic (exact) mass is 469 g/mol. The highest BCUT2D eigenvalue weighted by atomic mass is 127. The molecule has 0 aromatic carbocycles. The smallest absolute Gasteiger partial charge is 0.305 e. The number of hydrogen-bond acceptors (Lipinski definition) is 4. The molecule has 0 radical (unpaired) electrons. The number of aliphatic imine (C=N–C) groups is 1. The van der Waals surface area contributed by atoms with Gasteiger partial charge in [0.1, 0.15) is 0 Å². The number of halogens is 1. The average Bonchev–Trinajstić information content (AvgIpc) is 2.84. The van der Waals surface area contributed by atoms with E-state index in [2.05, 4.69) is 15.6 Å². The van der Waals surface area contributed by atoms with Crippen LogP contribution in [-0.4, -0.2) is 50.9 Å². The molecule has 0 amide bonds. The minimum Gasteiger partial charge on any atom is -0.466 e. The number of hydrogen-bond donors (Lipinski definition) is 2. The number of nitrogens with zero attached hydrogens (tertiary/aromatic N) is 1. The summed E-state index contributed by atoms with van der Waals surface area (Å²) in [5, 5.41) is 6.50. The van der Waals surface area contributed by atoms with Gasteiger partial charge < -0.3 is 20.1 Å². The molecule has 0 spiro atoms. The van der Waals surface area contributed by atoms with Gasteiger partial charge in [0, 0.05) is 26.1 Å². The molecule has 0 saturated heterocycles. The van der Waals surface area contributed by atoms with Gasteiger partial charge in [0.2, 0.25) is 0 Å². The largest absolute Gasteiger partial charge is 0.466 e. The molecule has 148 valence electrons. The van der Waals surface area contributed by atoms with Crippen molar-refractivity contribution >= 4 is 35.9 Å².